The highest BCUT2D eigenvalue weighted by Gasteiger charge is 2.11. The minimum absolute atomic E-state index is 0.587. The number of aliphatic hydroxyl groups is 1. The molecule has 1 unspecified atom stereocenters. The van der Waals surface area contributed by atoms with Gasteiger partial charge in [-0.05, 0) is 49.7 Å². The summed E-state index contributed by atoms with van der Waals surface area (Å²) in [6, 6.07) is 11.0. The molecule has 19 heavy (non-hydrogen) atoms. The Labute approximate surface area is 126 Å². The number of aryl methyl sites for hydroxylation is 1. The van der Waals surface area contributed by atoms with Crippen molar-refractivity contribution in [1.29, 1.82) is 0 Å². The van der Waals surface area contributed by atoms with Crippen LogP contribution in [-0.2, 0) is 0 Å². The van der Waals surface area contributed by atoms with Gasteiger partial charge >= 0.3 is 0 Å². The van der Waals surface area contributed by atoms with Gasteiger partial charge in [0.1, 0.15) is 11.5 Å². The topological polar surface area (TPSA) is 29.5 Å². The van der Waals surface area contributed by atoms with E-state index in [0.717, 1.165) is 15.6 Å². The smallest absolute Gasteiger partial charge is 0.134 e. The Morgan fingerprint density at radius 1 is 1.21 bits per heavy atom. The van der Waals surface area contributed by atoms with Gasteiger partial charge < -0.3 is 9.84 Å². The molecule has 0 fully saturated rings. The van der Waals surface area contributed by atoms with Crippen molar-refractivity contribution in [2.75, 3.05) is 0 Å². The van der Waals surface area contributed by atoms with E-state index in [1.54, 1.807) is 13.0 Å². The minimum atomic E-state index is -0.587. The molecule has 2 nitrogen and oxygen atoms in total. The van der Waals surface area contributed by atoms with Crippen LogP contribution in [0, 0.1) is 6.92 Å². The molecule has 2 aromatic rings. The van der Waals surface area contributed by atoms with E-state index >= 15 is 0 Å². The van der Waals surface area contributed by atoms with Gasteiger partial charge in [-0.2, -0.15) is 0 Å². The third-order valence-corrected chi connectivity index (χ3v) is 3.70. The number of halogens is 2. The molecule has 2 rings (SSSR count). The number of benzene rings is 2. The van der Waals surface area contributed by atoms with Crippen LogP contribution in [0.2, 0.25) is 5.02 Å². The molecule has 1 atom stereocenters. The molecule has 0 aliphatic carbocycles. The lowest BCUT2D eigenvalue weighted by Crippen LogP contribution is -1.96. The van der Waals surface area contributed by atoms with Gasteiger partial charge in [0, 0.05) is 15.1 Å². The van der Waals surface area contributed by atoms with Crippen LogP contribution in [-0.4, -0.2) is 5.11 Å². The number of rotatable bonds is 3. The Bertz CT molecular complexity index is 597. The fourth-order valence-electron chi connectivity index (χ4n) is 1.75. The number of hydrogen-bond donors (Lipinski definition) is 1. The van der Waals surface area contributed by atoms with E-state index in [9.17, 15) is 5.11 Å². The highest BCUT2D eigenvalue weighted by Crippen LogP contribution is 2.33. The van der Waals surface area contributed by atoms with Crippen LogP contribution >= 0.6 is 27.5 Å². The fraction of sp³-hybridized carbons (Fsp3) is 0.200. The van der Waals surface area contributed by atoms with E-state index in [1.165, 1.54) is 0 Å². The van der Waals surface area contributed by atoms with Crippen molar-refractivity contribution >= 4 is 27.5 Å². The second-order valence-electron chi connectivity index (χ2n) is 4.37. The van der Waals surface area contributed by atoms with Crippen molar-refractivity contribution in [2.45, 2.75) is 20.0 Å². The lowest BCUT2D eigenvalue weighted by atomic mass is 10.1. The molecule has 0 aromatic heterocycles. The Morgan fingerprint density at radius 3 is 2.58 bits per heavy atom. The highest BCUT2D eigenvalue weighted by atomic mass is 79.9. The normalized spacial score (nSPS) is 12.3. The molecule has 100 valence electrons. The summed E-state index contributed by atoms with van der Waals surface area (Å²) in [5, 5.41) is 10.5. The van der Waals surface area contributed by atoms with Crippen molar-refractivity contribution in [3.63, 3.8) is 0 Å². The van der Waals surface area contributed by atoms with Gasteiger partial charge in [0.25, 0.3) is 0 Å². The molecular weight excluding hydrogens is 328 g/mol. The highest BCUT2D eigenvalue weighted by molar-refractivity contribution is 9.10. The lowest BCUT2D eigenvalue weighted by molar-refractivity contribution is 0.195. The average Bonchev–Trinajstić information content (AvgIpc) is 2.33. The van der Waals surface area contributed by atoms with Gasteiger partial charge in [-0.1, -0.05) is 33.6 Å². The Hall–Kier alpha value is -1.03. The van der Waals surface area contributed by atoms with E-state index in [0.29, 0.717) is 16.5 Å². The summed E-state index contributed by atoms with van der Waals surface area (Å²) in [7, 11) is 0. The number of ether oxygens (including phenoxy) is 1. The average molecular weight is 342 g/mol. The Morgan fingerprint density at radius 2 is 1.95 bits per heavy atom. The van der Waals surface area contributed by atoms with Crippen molar-refractivity contribution in [3.8, 4) is 11.5 Å². The van der Waals surface area contributed by atoms with Crippen molar-refractivity contribution < 1.29 is 9.84 Å². The maximum Gasteiger partial charge on any atom is 0.134 e. The standard InChI is InChI=1S/C15H14BrClO2/c1-9-7-12(4-6-14(9)17)19-15-8-11(16)3-5-13(15)10(2)18/h3-8,10,18H,1-2H3. The molecule has 1 N–H and O–H groups in total. The summed E-state index contributed by atoms with van der Waals surface area (Å²) in [4.78, 5) is 0. The van der Waals surface area contributed by atoms with Crippen LogP contribution in [0.1, 0.15) is 24.2 Å². The first kappa shape index (κ1) is 14.4. The predicted molar refractivity (Wildman–Crippen MR) is 81.0 cm³/mol. The third-order valence-electron chi connectivity index (χ3n) is 2.78. The molecule has 0 heterocycles. The van der Waals surface area contributed by atoms with Crippen LogP contribution in [0.4, 0.5) is 0 Å². The summed E-state index contributed by atoms with van der Waals surface area (Å²) in [6.45, 7) is 3.63. The number of aliphatic hydroxyl groups excluding tert-OH is 1. The zero-order valence-electron chi connectivity index (χ0n) is 10.7. The summed E-state index contributed by atoms with van der Waals surface area (Å²) < 4.78 is 6.74. The fourth-order valence-corrected chi connectivity index (χ4v) is 2.21. The van der Waals surface area contributed by atoms with Crippen molar-refractivity contribution in [2.24, 2.45) is 0 Å². The molecule has 0 spiro atoms. The van der Waals surface area contributed by atoms with E-state index < -0.39 is 6.10 Å². The van der Waals surface area contributed by atoms with E-state index in [4.69, 9.17) is 16.3 Å². The molecule has 0 aliphatic rings. The van der Waals surface area contributed by atoms with Crippen LogP contribution in [0.5, 0.6) is 11.5 Å². The van der Waals surface area contributed by atoms with Gasteiger partial charge in [0.15, 0.2) is 0 Å². The molecule has 4 heteroatoms. The summed E-state index contributed by atoms with van der Waals surface area (Å²) in [5.74, 6) is 1.33. The second-order valence-corrected chi connectivity index (χ2v) is 5.69. The van der Waals surface area contributed by atoms with Gasteiger partial charge in [-0.3, -0.25) is 0 Å². The van der Waals surface area contributed by atoms with E-state index in [-0.39, 0.29) is 0 Å². The minimum Gasteiger partial charge on any atom is -0.457 e. The monoisotopic (exact) mass is 340 g/mol. The molecule has 0 saturated heterocycles. The zero-order valence-corrected chi connectivity index (χ0v) is 13.0. The summed E-state index contributed by atoms with van der Waals surface area (Å²) >= 11 is 9.39. The molecule has 2 aromatic carbocycles. The molecular formula is C15H14BrClO2. The first-order valence-electron chi connectivity index (χ1n) is 5.89. The first-order chi connectivity index (χ1) is 8.97. The molecule has 0 saturated carbocycles. The Balaban J connectivity index is 2.36. The maximum atomic E-state index is 9.76. The van der Waals surface area contributed by atoms with Crippen molar-refractivity contribution in [1.82, 2.24) is 0 Å². The second kappa shape index (κ2) is 5.95. The lowest BCUT2D eigenvalue weighted by Gasteiger charge is -2.14. The summed E-state index contributed by atoms with van der Waals surface area (Å²) in [6.07, 6.45) is -0.587. The predicted octanol–water partition coefficient (Wildman–Crippen LogP) is 5.26. The molecule has 0 aliphatic heterocycles. The quantitative estimate of drug-likeness (QED) is 0.825. The number of hydrogen-bond acceptors (Lipinski definition) is 2. The van der Waals surface area contributed by atoms with Crippen LogP contribution in [0.3, 0.4) is 0 Å². The molecule has 0 bridgehead atoms. The van der Waals surface area contributed by atoms with Gasteiger partial charge in [-0.25, -0.2) is 0 Å². The molecule has 0 amide bonds. The van der Waals surface area contributed by atoms with Crippen LogP contribution < -0.4 is 4.74 Å². The van der Waals surface area contributed by atoms with E-state index in [1.807, 2.05) is 37.3 Å². The van der Waals surface area contributed by atoms with Gasteiger partial charge in [0.05, 0.1) is 6.10 Å². The van der Waals surface area contributed by atoms with Gasteiger partial charge in [-0.15, -0.1) is 0 Å². The van der Waals surface area contributed by atoms with Gasteiger partial charge in [0.2, 0.25) is 0 Å². The third kappa shape index (κ3) is 3.50. The van der Waals surface area contributed by atoms with Crippen LogP contribution in [0.15, 0.2) is 40.9 Å². The SMILES string of the molecule is Cc1cc(Oc2cc(Br)ccc2C(C)O)ccc1Cl. The van der Waals surface area contributed by atoms with E-state index in [2.05, 4.69) is 15.9 Å². The zero-order chi connectivity index (χ0) is 14.0. The largest absolute Gasteiger partial charge is 0.457 e. The van der Waals surface area contributed by atoms with Crippen LogP contribution in [0.25, 0.3) is 0 Å². The Kier molecular flexibility index (Phi) is 4.50. The summed E-state index contributed by atoms with van der Waals surface area (Å²) in [5.41, 5.74) is 1.70. The van der Waals surface area contributed by atoms with Crippen molar-refractivity contribution in [3.05, 3.63) is 57.0 Å². The molecule has 0 radical (unpaired) electrons. The maximum absolute atomic E-state index is 9.76. The first-order valence-corrected chi connectivity index (χ1v) is 7.06.